The van der Waals surface area contributed by atoms with Crippen molar-refractivity contribution < 1.29 is 9.59 Å². The summed E-state index contributed by atoms with van der Waals surface area (Å²) in [6.45, 7) is 7.49. The predicted molar refractivity (Wildman–Crippen MR) is 90.9 cm³/mol. The molecule has 1 aromatic rings. The molecule has 0 saturated carbocycles. The molecule has 1 aliphatic rings. The van der Waals surface area contributed by atoms with E-state index in [4.69, 9.17) is 0 Å². The zero-order chi connectivity index (χ0) is 16.9. The van der Waals surface area contributed by atoms with Gasteiger partial charge in [-0.3, -0.25) is 14.5 Å². The smallest absolute Gasteiger partial charge is 0.234 e. The SMILES string of the molecule is CC(=O)NC1(c2ccccc2)CCN(CC(=O)NC(C)C)CC1. The summed E-state index contributed by atoms with van der Waals surface area (Å²) in [5.41, 5.74) is 0.819. The molecule has 23 heavy (non-hydrogen) atoms. The average Bonchev–Trinajstić information content (AvgIpc) is 2.49. The van der Waals surface area contributed by atoms with Crippen LogP contribution in [0.4, 0.5) is 0 Å². The van der Waals surface area contributed by atoms with Gasteiger partial charge in [-0.15, -0.1) is 0 Å². The lowest BCUT2D eigenvalue weighted by Crippen LogP contribution is -2.54. The maximum Gasteiger partial charge on any atom is 0.234 e. The summed E-state index contributed by atoms with van der Waals surface area (Å²) >= 11 is 0. The van der Waals surface area contributed by atoms with E-state index >= 15 is 0 Å². The Balaban J connectivity index is 2.03. The van der Waals surface area contributed by atoms with Crippen LogP contribution < -0.4 is 10.6 Å². The van der Waals surface area contributed by atoms with Crippen LogP contribution in [0.15, 0.2) is 30.3 Å². The first-order valence-electron chi connectivity index (χ1n) is 8.27. The zero-order valence-electron chi connectivity index (χ0n) is 14.3. The second-order valence-electron chi connectivity index (χ2n) is 6.63. The summed E-state index contributed by atoms with van der Waals surface area (Å²) in [7, 11) is 0. The van der Waals surface area contributed by atoms with Gasteiger partial charge in [0.05, 0.1) is 12.1 Å². The van der Waals surface area contributed by atoms with Gasteiger partial charge in [0.2, 0.25) is 11.8 Å². The Morgan fingerprint density at radius 1 is 1.17 bits per heavy atom. The molecular formula is C18H27N3O2. The molecule has 2 rings (SSSR count). The highest BCUT2D eigenvalue weighted by atomic mass is 16.2. The lowest BCUT2D eigenvalue weighted by molar-refractivity contribution is -0.125. The second kappa shape index (κ2) is 7.59. The average molecular weight is 317 g/mol. The normalized spacial score (nSPS) is 17.7. The number of amides is 2. The third-order valence-corrected chi connectivity index (χ3v) is 4.27. The van der Waals surface area contributed by atoms with E-state index in [1.54, 1.807) is 6.92 Å². The third-order valence-electron chi connectivity index (χ3n) is 4.27. The summed E-state index contributed by atoms with van der Waals surface area (Å²) in [6, 6.07) is 10.3. The van der Waals surface area contributed by atoms with Gasteiger partial charge in [-0.05, 0) is 32.3 Å². The van der Waals surface area contributed by atoms with Crippen molar-refractivity contribution >= 4 is 11.8 Å². The Labute approximate surface area is 138 Å². The summed E-state index contributed by atoms with van der Waals surface area (Å²) in [6.07, 6.45) is 1.62. The molecule has 0 spiro atoms. The number of piperidine rings is 1. The maximum absolute atomic E-state index is 11.9. The van der Waals surface area contributed by atoms with Gasteiger partial charge in [-0.25, -0.2) is 0 Å². The fourth-order valence-corrected chi connectivity index (χ4v) is 3.24. The van der Waals surface area contributed by atoms with Crippen LogP contribution in [-0.4, -0.2) is 42.4 Å². The Hall–Kier alpha value is -1.88. The standard InChI is InChI=1S/C18H27N3O2/c1-14(2)19-17(23)13-21-11-9-18(10-12-21,20-15(3)22)16-7-5-4-6-8-16/h4-8,14H,9-13H2,1-3H3,(H,19,23)(H,20,22). The van der Waals surface area contributed by atoms with Gasteiger partial charge < -0.3 is 10.6 Å². The number of rotatable bonds is 5. The van der Waals surface area contributed by atoms with Crippen molar-refractivity contribution in [3.63, 3.8) is 0 Å². The van der Waals surface area contributed by atoms with Crippen LogP contribution in [0.25, 0.3) is 0 Å². The van der Waals surface area contributed by atoms with Gasteiger partial charge in [0.15, 0.2) is 0 Å². The second-order valence-corrected chi connectivity index (χ2v) is 6.63. The van der Waals surface area contributed by atoms with Crippen LogP contribution in [0, 0.1) is 0 Å². The van der Waals surface area contributed by atoms with Crippen LogP contribution in [0.1, 0.15) is 39.2 Å². The molecule has 0 bridgehead atoms. The van der Waals surface area contributed by atoms with Crippen LogP contribution in [-0.2, 0) is 15.1 Å². The van der Waals surface area contributed by atoms with Crippen LogP contribution >= 0.6 is 0 Å². The Kier molecular flexibility index (Phi) is 5.77. The monoisotopic (exact) mass is 317 g/mol. The minimum Gasteiger partial charge on any atom is -0.353 e. The van der Waals surface area contributed by atoms with Crippen molar-refractivity contribution in [2.24, 2.45) is 0 Å². The number of benzene rings is 1. The van der Waals surface area contributed by atoms with Gasteiger partial charge >= 0.3 is 0 Å². The Morgan fingerprint density at radius 2 is 1.78 bits per heavy atom. The molecule has 1 aliphatic heterocycles. The number of hydrogen-bond acceptors (Lipinski definition) is 3. The fourth-order valence-electron chi connectivity index (χ4n) is 3.24. The zero-order valence-corrected chi connectivity index (χ0v) is 14.3. The van der Waals surface area contributed by atoms with Gasteiger partial charge in [0.1, 0.15) is 0 Å². The first-order valence-corrected chi connectivity index (χ1v) is 8.27. The number of hydrogen-bond donors (Lipinski definition) is 2. The molecule has 5 nitrogen and oxygen atoms in total. The van der Waals surface area contributed by atoms with E-state index in [0.717, 1.165) is 31.5 Å². The van der Waals surface area contributed by atoms with Crippen molar-refractivity contribution in [2.75, 3.05) is 19.6 Å². The third kappa shape index (κ3) is 4.79. The molecule has 1 heterocycles. The summed E-state index contributed by atoms with van der Waals surface area (Å²) in [5, 5.41) is 6.08. The quantitative estimate of drug-likeness (QED) is 0.868. The van der Waals surface area contributed by atoms with Crippen molar-refractivity contribution in [3.05, 3.63) is 35.9 Å². The van der Waals surface area contributed by atoms with Gasteiger partial charge in [0.25, 0.3) is 0 Å². The minimum atomic E-state index is -0.321. The molecule has 2 N–H and O–H groups in total. The molecule has 5 heteroatoms. The molecular weight excluding hydrogens is 290 g/mol. The van der Waals surface area contributed by atoms with E-state index in [2.05, 4.69) is 27.7 Å². The van der Waals surface area contributed by atoms with E-state index in [0.29, 0.717) is 6.54 Å². The molecule has 0 aliphatic carbocycles. The number of carbonyl (C=O) groups excluding carboxylic acids is 2. The first kappa shape index (κ1) is 17.5. The van der Waals surface area contributed by atoms with Crippen molar-refractivity contribution in [3.8, 4) is 0 Å². The van der Waals surface area contributed by atoms with Gasteiger partial charge in [0, 0.05) is 26.1 Å². The lowest BCUT2D eigenvalue weighted by atomic mass is 9.80. The minimum absolute atomic E-state index is 0.0140. The topological polar surface area (TPSA) is 61.4 Å². The lowest BCUT2D eigenvalue weighted by Gasteiger charge is -2.42. The van der Waals surface area contributed by atoms with Crippen molar-refractivity contribution in [2.45, 2.75) is 45.2 Å². The summed E-state index contributed by atoms with van der Waals surface area (Å²) in [4.78, 5) is 25.7. The van der Waals surface area contributed by atoms with E-state index in [1.807, 2.05) is 32.0 Å². The summed E-state index contributed by atoms with van der Waals surface area (Å²) < 4.78 is 0. The van der Waals surface area contributed by atoms with Crippen LogP contribution in [0.5, 0.6) is 0 Å². The van der Waals surface area contributed by atoms with E-state index in [9.17, 15) is 9.59 Å². The number of likely N-dealkylation sites (tertiary alicyclic amines) is 1. The van der Waals surface area contributed by atoms with E-state index in [-0.39, 0.29) is 23.4 Å². The van der Waals surface area contributed by atoms with Crippen LogP contribution in [0.2, 0.25) is 0 Å². The molecule has 1 saturated heterocycles. The fraction of sp³-hybridized carbons (Fsp3) is 0.556. The largest absolute Gasteiger partial charge is 0.353 e. The highest BCUT2D eigenvalue weighted by molar-refractivity contribution is 5.78. The first-order chi connectivity index (χ1) is 10.9. The Bertz CT molecular complexity index is 534. The highest BCUT2D eigenvalue weighted by Gasteiger charge is 2.37. The highest BCUT2D eigenvalue weighted by Crippen LogP contribution is 2.32. The molecule has 0 atom stereocenters. The number of nitrogens with one attached hydrogen (secondary N) is 2. The van der Waals surface area contributed by atoms with Crippen LogP contribution in [0.3, 0.4) is 0 Å². The van der Waals surface area contributed by atoms with Gasteiger partial charge in [-0.2, -0.15) is 0 Å². The number of nitrogens with zero attached hydrogens (tertiary/aromatic N) is 1. The van der Waals surface area contributed by atoms with E-state index < -0.39 is 0 Å². The van der Waals surface area contributed by atoms with Crippen molar-refractivity contribution in [1.29, 1.82) is 0 Å². The summed E-state index contributed by atoms with van der Waals surface area (Å²) in [5.74, 6) is 0.0478. The molecule has 0 unspecified atom stereocenters. The molecule has 1 fully saturated rings. The molecule has 2 amide bonds. The Morgan fingerprint density at radius 3 is 2.30 bits per heavy atom. The molecule has 1 aromatic carbocycles. The van der Waals surface area contributed by atoms with Crippen molar-refractivity contribution in [1.82, 2.24) is 15.5 Å². The molecule has 0 radical (unpaired) electrons. The molecule has 126 valence electrons. The number of carbonyl (C=O) groups is 2. The van der Waals surface area contributed by atoms with Gasteiger partial charge in [-0.1, -0.05) is 30.3 Å². The predicted octanol–water partition coefficient (Wildman–Crippen LogP) is 1.64. The molecule has 0 aromatic heterocycles. The van der Waals surface area contributed by atoms with E-state index in [1.165, 1.54) is 0 Å². The maximum atomic E-state index is 11.9.